The van der Waals surface area contributed by atoms with E-state index in [0.29, 0.717) is 36.3 Å². The normalized spacial score (nSPS) is 22.2. The Hall–Kier alpha value is -3.19. The number of likely N-dealkylation sites (tertiary alicyclic amines) is 1. The Morgan fingerprint density at radius 3 is 2.43 bits per heavy atom. The molecule has 5 rings (SSSR count). The molecule has 0 radical (unpaired) electrons. The molecule has 1 unspecified atom stereocenters. The van der Waals surface area contributed by atoms with E-state index in [9.17, 15) is 14.4 Å². The number of benzene rings is 2. The third kappa shape index (κ3) is 5.10. The summed E-state index contributed by atoms with van der Waals surface area (Å²) in [6.45, 7) is 8.68. The fraction of sp³-hybridized carbons (Fsp3) is 0.464. The van der Waals surface area contributed by atoms with Gasteiger partial charge in [-0.3, -0.25) is 24.6 Å². The molecule has 7 heteroatoms. The predicted octanol–water partition coefficient (Wildman–Crippen LogP) is 3.65. The fourth-order valence-corrected chi connectivity index (χ4v) is 5.17. The minimum atomic E-state index is -0.626. The van der Waals surface area contributed by atoms with Crippen molar-refractivity contribution in [1.82, 2.24) is 15.1 Å². The van der Waals surface area contributed by atoms with Crippen molar-refractivity contribution in [1.29, 1.82) is 0 Å². The SMILES string of the molecule is CC1(C)CCN(Cc2ccc(COc3cccc4c3CN(C3CCC(=O)NC3=O)C4=O)cc2)CC1. The van der Waals surface area contributed by atoms with Crippen molar-refractivity contribution >= 4 is 17.7 Å². The second-order valence-electron chi connectivity index (χ2n) is 10.7. The average Bonchev–Trinajstić information content (AvgIpc) is 3.17. The maximum Gasteiger partial charge on any atom is 0.255 e. The van der Waals surface area contributed by atoms with Crippen LogP contribution in [-0.4, -0.2) is 46.7 Å². The third-order valence-corrected chi connectivity index (χ3v) is 7.57. The molecule has 2 saturated heterocycles. The molecule has 35 heavy (non-hydrogen) atoms. The molecule has 1 atom stereocenters. The summed E-state index contributed by atoms with van der Waals surface area (Å²) >= 11 is 0. The topological polar surface area (TPSA) is 79.0 Å². The maximum absolute atomic E-state index is 13.0. The quantitative estimate of drug-likeness (QED) is 0.646. The van der Waals surface area contributed by atoms with E-state index in [1.807, 2.05) is 12.1 Å². The number of piperidine rings is 2. The van der Waals surface area contributed by atoms with Gasteiger partial charge in [0.05, 0.1) is 6.54 Å². The summed E-state index contributed by atoms with van der Waals surface area (Å²) in [6.07, 6.45) is 3.07. The van der Waals surface area contributed by atoms with Gasteiger partial charge in [-0.05, 0) is 61.0 Å². The first-order valence-corrected chi connectivity index (χ1v) is 12.5. The van der Waals surface area contributed by atoms with E-state index in [0.717, 1.165) is 30.8 Å². The largest absolute Gasteiger partial charge is 0.489 e. The second-order valence-corrected chi connectivity index (χ2v) is 10.7. The van der Waals surface area contributed by atoms with Gasteiger partial charge >= 0.3 is 0 Å². The molecule has 3 aliphatic heterocycles. The van der Waals surface area contributed by atoms with E-state index in [1.165, 1.54) is 18.4 Å². The lowest BCUT2D eigenvalue weighted by molar-refractivity contribution is -0.136. The van der Waals surface area contributed by atoms with Gasteiger partial charge in [-0.15, -0.1) is 0 Å². The highest BCUT2D eigenvalue weighted by molar-refractivity contribution is 6.05. The van der Waals surface area contributed by atoms with Gasteiger partial charge in [-0.1, -0.05) is 44.2 Å². The van der Waals surface area contributed by atoms with Crippen LogP contribution >= 0.6 is 0 Å². The number of rotatable bonds is 6. The van der Waals surface area contributed by atoms with Crippen LogP contribution in [0.1, 0.15) is 66.6 Å². The molecule has 0 saturated carbocycles. The van der Waals surface area contributed by atoms with Crippen molar-refractivity contribution in [3.8, 4) is 5.75 Å². The average molecular weight is 476 g/mol. The molecule has 0 bridgehead atoms. The third-order valence-electron chi connectivity index (χ3n) is 7.57. The van der Waals surface area contributed by atoms with Crippen LogP contribution in [0.15, 0.2) is 42.5 Å². The molecular weight excluding hydrogens is 442 g/mol. The fourth-order valence-electron chi connectivity index (χ4n) is 5.17. The van der Waals surface area contributed by atoms with E-state index in [2.05, 4.69) is 48.3 Å². The second kappa shape index (κ2) is 9.46. The highest BCUT2D eigenvalue weighted by Crippen LogP contribution is 2.34. The van der Waals surface area contributed by atoms with Crippen LogP contribution in [0.2, 0.25) is 0 Å². The molecular formula is C28H33N3O4. The predicted molar refractivity (Wildman–Crippen MR) is 132 cm³/mol. The summed E-state index contributed by atoms with van der Waals surface area (Å²) < 4.78 is 6.13. The minimum absolute atomic E-state index is 0.189. The number of hydrogen-bond donors (Lipinski definition) is 1. The number of carbonyl (C=O) groups is 3. The van der Waals surface area contributed by atoms with Gasteiger partial charge in [0, 0.05) is 24.1 Å². The van der Waals surface area contributed by atoms with Gasteiger partial charge in [0.25, 0.3) is 5.91 Å². The lowest BCUT2D eigenvalue weighted by Gasteiger charge is -2.36. The van der Waals surface area contributed by atoms with E-state index in [4.69, 9.17) is 4.74 Å². The molecule has 0 aliphatic carbocycles. The number of imide groups is 1. The molecule has 2 fully saturated rings. The smallest absolute Gasteiger partial charge is 0.255 e. The molecule has 3 amide bonds. The number of amides is 3. The van der Waals surface area contributed by atoms with Gasteiger partial charge in [-0.2, -0.15) is 0 Å². The first kappa shape index (κ1) is 23.5. The Morgan fingerprint density at radius 2 is 1.71 bits per heavy atom. The zero-order valence-electron chi connectivity index (χ0n) is 20.5. The highest BCUT2D eigenvalue weighted by atomic mass is 16.5. The van der Waals surface area contributed by atoms with Crippen LogP contribution in [0.25, 0.3) is 0 Å². The van der Waals surface area contributed by atoms with Crippen molar-refractivity contribution in [3.63, 3.8) is 0 Å². The Labute approximate surface area is 206 Å². The number of ether oxygens (including phenoxy) is 1. The van der Waals surface area contributed by atoms with Gasteiger partial charge < -0.3 is 9.64 Å². The van der Waals surface area contributed by atoms with E-state index >= 15 is 0 Å². The molecule has 1 N–H and O–H groups in total. The van der Waals surface area contributed by atoms with Gasteiger partial charge in [0.2, 0.25) is 11.8 Å². The van der Waals surface area contributed by atoms with Gasteiger partial charge in [0.1, 0.15) is 18.4 Å². The van der Waals surface area contributed by atoms with Gasteiger partial charge in [-0.25, -0.2) is 0 Å². The van der Waals surface area contributed by atoms with Crippen LogP contribution < -0.4 is 10.1 Å². The molecule has 0 aromatic heterocycles. The van der Waals surface area contributed by atoms with Crippen LogP contribution in [0.5, 0.6) is 5.75 Å². The molecule has 2 aromatic carbocycles. The van der Waals surface area contributed by atoms with E-state index in [1.54, 1.807) is 11.0 Å². The zero-order chi connectivity index (χ0) is 24.6. The summed E-state index contributed by atoms with van der Waals surface area (Å²) in [7, 11) is 0. The minimum Gasteiger partial charge on any atom is -0.489 e. The van der Waals surface area contributed by atoms with Crippen LogP contribution in [0, 0.1) is 5.41 Å². The Bertz CT molecular complexity index is 1130. The van der Waals surface area contributed by atoms with Crippen molar-refractivity contribution in [2.45, 2.75) is 65.3 Å². The summed E-state index contributed by atoms with van der Waals surface area (Å²) in [5, 5.41) is 2.34. The molecule has 7 nitrogen and oxygen atoms in total. The van der Waals surface area contributed by atoms with Crippen molar-refractivity contribution < 1.29 is 19.1 Å². The standard InChI is InChI=1S/C28H33N3O4/c1-28(2)12-14-30(15-13-28)16-19-6-8-20(9-7-19)18-35-24-5-3-4-21-22(24)17-31(27(21)34)23-10-11-25(32)29-26(23)33/h3-9,23H,10-18H2,1-2H3,(H,29,32,33). The Balaban J connectivity index is 1.20. The summed E-state index contributed by atoms with van der Waals surface area (Å²) in [4.78, 5) is 40.9. The summed E-state index contributed by atoms with van der Waals surface area (Å²) in [5.74, 6) is -0.223. The van der Waals surface area contributed by atoms with Crippen LogP contribution in [0.4, 0.5) is 0 Å². The maximum atomic E-state index is 13.0. The van der Waals surface area contributed by atoms with Crippen LogP contribution in [-0.2, 0) is 29.3 Å². The number of nitrogens with zero attached hydrogens (tertiary/aromatic N) is 2. The monoisotopic (exact) mass is 475 g/mol. The van der Waals surface area contributed by atoms with Crippen molar-refractivity contribution in [2.24, 2.45) is 5.41 Å². The van der Waals surface area contributed by atoms with Crippen molar-refractivity contribution in [3.05, 3.63) is 64.7 Å². The lowest BCUT2D eigenvalue weighted by atomic mass is 9.82. The van der Waals surface area contributed by atoms with Gasteiger partial charge in [0.15, 0.2) is 0 Å². The van der Waals surface area contributed by atoms with E-state index < -0.39 is 11.9 Å². The van der Waals surface area contributed by atoms with Crippen LogP contribution in [0.3, 0.4) is 0 Å². The number of fused-ring (bicyclic) bond motifs is 1. The molecule has 3 heterocycles. The summed E-state index contributed by atoms with van der Waals surface area (Å²) in [6, 6.07) is 13.4. The zero-order valence-corrected chi connectivity index (χ0v) is 20.5. The Morgan fingerprint density at radius 1 is 1.00 bits per heavy atom. The number of nitrogens with one attached hydrogen (secondary N) is 1. The van der Waals surface area contributed by atoms with Crippen molar-refractivity contribution in [2.75, 3.05) is 13.1 Å². The molecule has 2 aromatic rings. The van der Waals surface area contributed by atoms with E-state index in [-0.39, 0.29) is 18.2 Å². The Kier molecular flexibility index (Phi) is 6.36. The molecule has 0 spiro atoms. The molecule has 184 valence electrons. The summed E-state index contributed by atoms with van der Waals surface area (Å²) in [5.41, 5.74) is 4.19. The highest BCUT2D eigenvalue weighted by Gasteiger charge is 2.40. The number of hydrogen-bond acceptors (Lipinski definition) is 5. The lowest BCUT2D eigenvalue weighted by Crippen LogP contribution is -2.52. The molecule has 3 aliphatic rings. The first-order valence-electron chi connectivity index (χ1n) is 12.5. The first-order chi connectivity index (χ1) is 16.8. The number of carbonyl (C=O) groups excluding carboxylic acids is 3.